The average molecular weight is 387 g/mol. The molecule has 1 N–H and O–H groups in total. The molecule has 4 rings (SSSR count). The highest BCUT2D eigenvalue weighted by molar-refractivity contribution is 6.53. The maximum atomic E-state index is 12.2. The first kappa shape index (κ1) is 15.2. The SMILES string of the molecule is O=C1OC(c2cc3ccccc3[nH]2)c2c(Cl)c(Cl)c(Cl)c(Cl)c21. The summed E-state index contributed by atoms with van der Waals surface area (Å²) in [5.74, 6) is -0.575. The molecule has 0 spiro atoms. The van der Waals surface area contributed by atoms with Gasteiger partial charge >= 0.3 is 5.97 Å². The van der Waals surface area contributed by atoms with Gasteiger partial charge in [-0.15, -0.1) is 0 Å². The third-order valence-electron chi connectivity index (χ3n) is 3.83. The molecule has 1 aliphatic heterocycles. The Morgan fingerprint density at radius 1 is 0.957 bits per heavy atom. The van der Waals surface area contributed by atoms with E-state index in [-0.39, 0.29) is 25.7 Å². The molecule has 116 valence electrons. The first-order valence-electron chi connectivity index (χ1n) is 6.63. The van der Waals surface area contributed by atoms with Gasteiger partial charge in [-0.1, -0.05) is 64.6 Å². The molecule has 0 saturated carbocycles. The fourth-order valence-electron chi connectivity index (χ4n) is 2.78. The van der Waals surface area contributed by atoms with Gasteiger partial charge in [-0.2, -0.15) is 0 Å². The Kier molecular flexibility index (Phi) is 3.50. The van der Waals surface area contributed by atoms with E-state index in [1.165, 1.54) is 0 Å². The minimum atomic E-state index is -0.704. The van der Waals surface area contributed by atoms with Gasteiger partial charge in [-0.25, -0.2) is 4.79 Å². The van der Waals surface area contributed by atoms with Crippen molar-refractivity contribution in [3.8, 4) is 0 Å². The lowest BCUT2D eigenvalue weighted by molar-refractivity contribution is 0.0451. The molecule has 23 heavy (non-hydrogen) atoms. The number of para-hydroxylation sites is 1. The van der Waals surface area contributed by atoms with Crippen molar-refractivity contribution in [3.05, 3.63) is 67.2 Å². The van der Waals surface area contributed by atoms with Crippen LogP contribution in [-0.2, 0) is 4.74 Å². The fourth-order valence-corrected chi connectivity index (χ4v) is 3.82. The highest BCUT2D eigenvalue weighted by Crippen LogP contribution is 2.49. The van der Waals surface area contributed by atoms with E-state index in [0.717, 1.165) is 10.9 Å². The number of carbonyl (C=O) groups is 1. The summed E-state index contributed by atoms with van der Waals surface area (Å²) in [4.78, 5) is 15.4. The summed E-state index contributed by atoms with van der Waals surface area (Å²) in [5.41, 5.74) is 2.21. The van der Waals surface area contributed by atoms with E-state index < -0.39 is 12.1 Å². The number of fused-ring (bicyclic) bond motifs is 2. The summed E-state index contributed by atoms with van der Waals surface area (Å²) >= 11 is 24.6. The van der Waals surface area contributed by atoms with E-state index in [1.807, 2.05) is 30.3 Å². The minimum Gasteiger partial charge on any atom is -0.447 e. The number of hydrogen-bond donors (Lipinski definition) is 1. The van der Waals surface area contributed by atoms with Crippen LogP contribution in [0.3, 0.4) is 0 Å². The Morgan fingerprint density at radius 2 is 1.65 bits per heavy atom. The zero-order valence-corrected chi connectivity index (χ0v) is 14.3. The standard InChI is InChI=1S/C16H7Cl4NO2/c17-11-9-10(12(18)14(20)13(11)19)16(22)23-15(9)8-5-6-3-1-2-4-7(6)21-8/h1-5,15,21H. The first-order valence-corrected chi connectivity index (χ1v) is 8.14. The Bertz CT molecular complexity index is 947. The summed E-state index contributed by atoms with van der Waals surface area (Å²) in [6.07, 6.45) is -0.704. The molecule has 1 atom stereocenters. The van der Waals surface area contributed by atoms with E-state index in [9.17, 15) is 4.79 Å². The van der Waals surface area contributed by atoms with Gasteiger partial charge in [0.2, 0.25) is 0 Å². The number of esters is 1. The third kappa shape index (κ3) is 2.15. The molecule has 1 aliphatic rings. The Morgan fingerprint density at radius 3 is 2.39 bits per heavy atom. The molecule has 0 saturated heterocycles. The molecular formula is C16H7Cl4NO2. The van der Waals surface area contributed by atoms with Crippen LogP contribution in [0.2, 0.25) is 20.1 Å². The molecule has 0 radical (unpaired) electrons. The molecule has 3 nitrogen and oxygen atoms in total. The lowest BCUT2D eigenvalue weighted by Gasteiger charge is -2.12. The molecule has 3 aromatic rings. The van der Waals surface area contributed by atoms with Crippen molar-refractivity contribution in [1.29, 1.82) is 0 Å². The second-order valence-electron chi connectivity index (χ2n) is 5.14. The monoisotopic (exact) mass is 385 g/mol. The predicted molar refractivity (Wildman–Crippen MR) is 92.0 cm³/mol. The van der Waals surface area contributed by atoms with Crippen LogP contribution in [0, 0.1) is 0 Å². The quantitative estimate of drug-likeness (QED) is 0.314. The normalized spacial score (nSPS) is 16.7. The molecule has 7 heteroatoms. The smallest absolute Gasteiger partial charge is 0.341 e. The maximum absolute atomic E-state index is 12.2. The van der Waals surface area contributed by atoms with Gasteiger partial charge < -0.3 is 9.72 Å². The number of ether oxygens (including phenoxy) is 1. The van der Waals surface area contributed by atoms with Crippen molar-refractivity contribution in [2.75, 3.05) is 0 Å². The number of aromatic nitrogens is 1. The van der Waals surface area contributed by atoms with Crippen LogP contribution in [0.1, 0.15) is 27.7 Å². The highest BCUT2D eigenvalue weighted by Gasteiger charge is 2.39. The summed E-state index contributed by atoms with van der Waals surface area (Å²) in [6, 6.07) is 9.62. The second kappa shape index (κ2) is 5.32. The van der Waals surface area contributed by atoms with Crippen molar-refractivity contribution in [2.45, 2.75) is 6.10 Å². The topological polar surface area (TPSA) is 42.1 Å². The lowest BCUT2D eigenvalue weighted by atomic mass is 10.0. The van der Waals surface area contributed by atoms with Crippen LogP contribution in [0.5, 0.6) is 0 Å². The second-order valence-corrected chi connectivity index (χ2v) is 6.65. The zero-order chi connectivity index (χ0) is 16.3. The molecule has 2 aromatic carbocycles. The van der Waals surface area contributed by atoms with Crippen molar-refractivity contribution in [3.63, 3.8) is 0 Å². The maximum Gasteiger partial charge on any atom is 0.341 e. The van der Waals surface area contributed by atoms with Crippen LogP contribution in [0.4, 0.5) is 0 Å². The van der Waals surface area contributed by atoms with E-state index in [0.29, 0.717) is 11.3 Å². The molecule has 0 fully saturated rings. The lowest BCUT2D eigenvalue weighted by Crippen LogP contribution is -2.01. The fraction of sp³-hybridized carbons (Fsp3) is 0.0625. The number of rotatable bonds is 1. The van der Waals surface area contributed by atoms with Gasteiger partial charge in [-0.3, -0.25) is 0 Å². The number of nitrogens with one attached hydrogen (secondary N) is 1. The van der Waals surface area contributed by atoms with Crippen molar-refractivity contribution in [1.82, 2.24) is 4.98 Å². The van der Waals surface area contributed by atoms with Gasteiger partial charge in [0.25, 0.3) is 0 Å². The number of cyclic esters (lactones) is 1. The molecule has 0 bridgehead atoms. The van der Waals surface area contributed by atoms with Crippen LogP contribution >= 0.6 is 46.4 Å². The van der Waals surface area contributed by atoms with Crippen molar-refractivity contribution < 1.29 is 9.53 Å². The summed E-state index contributed by atoms with van der Waals surface area (Å²) in [7, 11) is 0. The summed E-state index contributed by atoms with van der Waals surface area (Å²) < 4.78 is 5.46. The largest absolute Gasteiger partial charge is 0.447 e. The predicted octanol–water partition coefficient (Wildman–Crippen LogP) is 6.04. The average Bonchev–Trinajstić information content (AvgIpc) is 3.11. The van der Waals surface area contributed by atoms with Gasteiger partial charge in [0.05, 0.1) is 31.3 Å². The zero-order valence-electron chi connectivity index (χ0n) is 11.3. The van der Waals surface area contributed by atoms with Gasteiger partial charge in [0.15, 0.2) is 6.10 Å². The number of benzene rings is 2. The van der Waals surface area contributed by atoms with Gasteiger partial charge in [0, 0.05) is 11.1 Å². The van der Waals surface area contributed by atoms with Crippen LogP contribution in [-0.4, -0.2) is 11.0 Å². The van der Waals surface area contributed by atoms with E-state index in [2.05, 4.69) is 4.98 Å². The molecule has 0 aliphatic carbocycles. The Balaban J connectivity index is 1.97. The summed E-state index contributed by atoms with van der Waals surface area (Å²) in [6.45, 7) is 0. The first-order chi connectivity index (χ1) is 11.0. The van der Waals surface area contributed by atoms with Gasteiger partial charge in [0.1, 0.15) is 0 Å². The number of H-pyrrole nitrogens is 1. The van der Waals surface area contributed by atoms with Crippen molar-refractivity contribution >= 4 is 63.3 Å². The Hall–Kier alpha value is -1.39. The van der Waals surface area contributed by atoms with Crippen LogP contribution in [0.15, 0.2) is 30.3 Å². The van der Waals surface area contributed by atoms with Crippen molar-refractivity contribution in [2.24, 2.45) is 0 Å². The van der Waals surface area contributed by atoms with E-state index >= 15 is 0 Å². The molecule has 0 amide bonds. The molecule has 1 aromatic heterocycles. The van der Waals surface area contributed by atoms with Crippen LogP contribution in [0.25, 0.3) is 10.9 Å². The number of aromatic amines is 1. The molecule has 1 unspecified atom stereocenters. The minimum absolute atomic E-state index is 0.0475. The Labute approximate surface area is 151 Å². The number of halogens is 4. The summed E-state index contributed by atoms with van der Waals surface area (Å²) in [5, 5.41) is 1.38. The molecule has 2 heterocycles. The van der Waals surface area contributed by atoms with E-state index in [4.69, 9.17) is 51.1 Å². The number of hydrogen-bond acceptors (Lipinski definition) is 2. The van der Waals surface area contributed by atoms with Crippen LogP contribution < -0.4 is 0 Å². The number of carbonyl (C=O) groups excluding carboxylic acids is 1. The van der Waals surface area contributed by atoms with Gasteiger partial charge in [-0.05, 0) is 17.5 Å². The third-order valence-corrected chi connectivity index (χ3v) is 5.64. The molecular weight excluding hydrogens is 380 g/mol. The highest BCUT2D eigenvalue weighted by atomic mass is 35.5. The van der Waals surface area contributed by atoms with E-state index in [1.54, 1.807) is 0 Å².